The van der Waals surface area contributed by atoms with Crippen LogP contribution in [0.25, 0.3) is 0 Å². The summed E-state index contributed by atoms with van der Waals surface area (Å²) in [6, 6.07) is 3.60. The second-order valence-electron chi connectivity index (χ2n) is 4.83. The van der Waals surface area contributed by atoms with Crippen molar-refractivity contribution in [3.63, 3.8) is 0 Å². The number of hydrogen-bond donors (Lipinski definition) is 1. The van der Waals surface area contributed by atoms with E-state index in [1.807, 2.05) is 12.3 Å². The molecule has 0 amide bonds. The number of nitrogens with zero attached hydrogens (tertiary/aromatic N) is 1. The molecule has 0 spiro atoms. The SMILES string of the molecule is CC1C2CNCC2CN1S(=O)(=O)c1cccs1. The predicted octanol–water partition coefficient (Wildman–Crippen LogP) is 0.976. The van der Waals surface area contributed by atoms with Crippen LogP contribution < -0.4 is 5.32 Å². The summed E-state index contributed by atoms with van der Waals surface area (Å²) in [5.41, 5.74) is 0. The lowest BCUT2D eigenvalue weighted by Gasteiger charge is -2.22. The van der Waals surface area contributed by atoms with Crippen LogP contribution in [0.4, 0.5) is 0 Å². The Hall–Kier alpha value is -0.430. The highest BCUT2D eigenvalue weighted by Crippen LogP contribution is 2.36. The van der Waals surface area contributed by atoms with Gasteiger partial charge in [0.15, 0.2) is 0 Å². The van der Waals surface area contributed by atoms with E-state index in [1.54, 1.807) is 16.4 Å². The van der Waals surface area contributed by atoms with Crippen molar-refractivity contribution in [1.29, 1.82) is 0 Å². The van der Waals surface area contributed by atoms with Gasteiger partial charge in [0, 0.05) is 12.6 Å². The van der Waals surface area contributed by atoms with Gasteiger partial charge in [0.2, 0.25) is 0 Å². The minimum atomic E-state index is -3.26. The van der Waals surface area contributed by atoms with Crippen LogP contribution in [0.5, 0.6) is 0 Å². The van der Waals surface area contributed by atoms with E-state index in [-0.39, 0.29) is 6.04 Å². The zero-order valence-corrected chi connectivity index (χ0v) is 11.3. The lowest BCUT2D eigenvalue weighted by molar-refractivity contribution is 0.361. The molecule has 1 N–H and O–H groups in total. The third kappa shape index (κ3) is 1.74. The molecule has 0 aliphatic carbocycles. The zero-order chi connectivity index (χ0) is 12.0. The molecule has 3 rings (SSSR count). The first-order chi connectivity index (χ1) is 8.10. The standard InChI is InChI=1S/C11H16N2O2S2/c1-8-10-6-12-5-9(10)7-13(8)17(14,15)11-3-2-4-16-11/h2-4,8-10,12H,5-7H2,1H3. The van der Waals surface area contributed by atoms with Crippen molar-refractivity contribution >= 4 is 21.4 Å². The van der Waals surface area contributed by atoms with Crippen LogP contribution in [0.2, 0.25) is 0 Å². The van der Waals surface area contributed by atoms with Gasteiger partial charge in [-0.3, -0.25) is 0 Å². The fourth-order valence-corrected chi connectivity index (χ4v) is 5.82. The number of hydrogen-bond acceptors (Lipinski definition) is 4. The number of nitrogens with one attached hydrogen (secondary N) is 1. The van der Waals surface area contributed by atoms with Gasteiger partial charge in [-0.05, 0) is 43.3 Å². The summed E-state index contributed by atoms with van der Waals surface area (Å²) >= 11 is 1.30. The van der Waals surface area contributed by atoms with Crippen molar-refractivity contribution in [2.75, 3.05) is 19.6 Å². The van der Waals surface area contributed by atoms with Gasteiger partial charge in [0.1, 0.15) is 4.21 Å². The molecule has 1 aromatic heterocycles. The third-order valence-corrected chi connectivity index (χ3v) is 7.26. The second-order valence-corrected chi connectivity index (χ2v) is 7.89. The molecule has 0 saturated carbocycles. The first-order valence-corrected chi connectivity index (χ1v) is 8.19. The van der Waals surface area contributed by atoms with Crippen molar-refractivity contribution in [2.45, 2.75) is 17.2 Å². The molecule has 2 aliphatic rings. The van der Waals surface area contributed by atoms with Crippen LogP contribution in [0.15, 0.2) is 21.7 Å². The van der Waals surface area contributed by atoms with Crippen molar-refractivity contribution < 1.29 is 8.42 Å². The Bertz CT molecular complexity index is 498. The molecule has 0 aromatic carbocycles. The maximum absolute atomic E-state index is 12.5. The van der Waals surface area contributed by atoms with Crippen LogP contribution in [0, 0.1) is 11.8 Å². The molecule has 1 aromatic rings. The average molecular weight is 272 g/mol. The van der Waals surface area contributed by atoms with Crippen molar-refractivity contribution in [3.8, 4) is 0 Å². The van der Waals surface area contributed by atoms with E-state index in [1.165, 1.54) is 11.3 Å². The van der Waals surface area contributed by atoms with E-state index in [9.17, 15) is 8.42 Å². The molecule has 17 heavy (non-hydrogen) atoms. The van der Waals surface area contributed by atoms with E-state index in [0.717, 1.165) is 13.1 Å². The summed E-state index contributed by atoms with van der Waals surface area (Å²) in [5.74, 6) is 0.962. The summed E-state index contributed by atoms with van der Waals surface area (Å²) in [5, 5.41) is 5.16. The fraction of sp³-hybridized carbons (Fsp3) is 0.636. The number of thiophene rings is 1. The summed E-state index contributed by atoms with van der Waals surface area (Å²) in [4.78, 5) is 0. The lowest BCUT2D eigenvalue weighted by atomic mass is 9.95. The summed E-state index contributed by atoms with van der Waals surface area (Å²) in [7, 11) is -3.26. The van der Waals surface area contributed by atoms with Gasteiger partial charge in [-0.25, -0.2) is 8.42 Å². The molecule has 2 aliphatic heterocycles. The Labute approximate surface area is 106 Å². The Kier molecular flexibility index (Phi) is 2.77. The Morgan fingerprint density at radius 3 is 2.94 bits per heavy atom. The van der Waals surface area contributed by atoms with Gasteiger partial charge in [0.25, 0.3) is 10.0 Å². The number of rotatable bonds is 2. The molecular weight excluding hydrogens is 256 g/mol. The lowest BCUT2D eigenvalue weighted by Crippen LogP contribution is -2.37. The van der Waals surface area contributed by atoms with Crippen LogP contribution >= 0.6 is 11.3 Å². The summed E-state index contributed by atoms with van der Waals surface area (Å²) in [6.07, 6.45) is 0. The molecule has 3 unspecified atom stereocenters. The van der Waals surface area contributed by atoms with Crippen LogP contribution in [-0.4, -0.2) is 38.4 Å². The molecule has 6 heteroatoms. The predicted molar refractivity (Wildman–Crippen MR) is 67.5 cm³/mol. The molecule has 2 fully saturated rings. The summed E-state index contributed by atoms with van der Waals surface area (Å²) in [6.45, 7) is 4.59. The normalized spacial score (nSPS) is 34.1. The van der Waals surface area contributed by atoms with Gasteiger partial charge in [-0.2, -0.15) is 4.31 Å². The number of sulfonamides is 1. The van der Waals surface area contributed by atoms with Gasteiger partial charge < -0.3 is 5.32 Å². The minimum absolute atomic E-state index is 0.113. The van der Waals surface area contributed by atoms with Crippen LogP contribution in [0.3, 0.4) is 0 Å². The summed E-state index contributed by atoms with van der Waals surface area (Å²) < 4.78 is 27.1. The first kappa shape index (κ1) is 11.6. The Morgan fingerprint density at radius 1 is 1.47 bits per heavy atom. The van der Waals surface area contributed by atoms with Crippen LogP contribution in [-0.2, 0) is 10.0 Å². The van der Waals surface area contributed by atoms with Gasteiger partial charge in [-0.15, -0.1) is 11.3 Å². The molecule has 0 bridgehead atoms. The molecule has 4 nitrogen and oxygen atoms in total. The fourth-order valence-electron chi connectivity index (χ4n) is 2.97. The average Bonchev–Trinajstić information content (AvgIpc) is 2.96. The molecular formula is C11H16N2O2S2. The molecule has 3 atom stereocenters. The Balaban J connectivity index is 1.91. The van der Waals surface area contributed by atoms with Crippen LogP contribution in [0.1, 0.15) is 6.92 Å². The maximum atomic E-state index is 12.5. The van der Waals surface area contributed by atoms with E-state index < -0.39 is 10.0 Å². The first-order valence-electron chi connectivity index (χ1n) is 5.87. The van der Waals surface area contributed by atoms with Crippen molar-refractivity contribution in [3.05, 3.63) is 17.5 Å². The molecule has 2 saturated heterocycles. The van der Waals surface area contributed by atoms with Gasteiger partial charge in [-0.1, -0.05) is 6.07 Å². The third-order valence-electron chi connectivity index (χ3n) is 3.94. The highest BCUT2D eigenvalue weighted by molar-refractivity contribution is 7.91. The topological polar surface area (TPSA) is 49.4 Å². The largest absolute Gasteiger partial charge is 0.316 e. The monoisotopic (exact) mass is 272 g/mol. The van der Waals surface area contributed by atoms with Gasteiger partial charge >= 0.3 is 0 Å². The number of fused-ring (bicyclic) bond motifs is 1. The second kappa shape index (κ2) is 4.05. The smallest absolute Gasteiger partial charge is 0.252 e. The molecule has 0 radical (unpaired) electrons. The Morgan fingerprint density at radius 2 is 2.29 bits per heavy atom. The highest BCUT2D eigenvalue weighted by Gasteiger charge is 2.46. The van der Waals surface area contributed by atoms with E-state index in [0.29, 0.717) is 22.6 Å². The van der Waals surface area contributed by atoms with E-state index in [2.05, 4.69) is 5.32 Å². The zero-order valence-electron chi connectivity index (χ0n) is 9.67. The maximum Gasteiger partial charge on any atom is 0.252 e. The van der Waals surface area contributed by atoms with Crippen molar-refractivity contribution in [2.24, 2.45) is 11.8 Å². The van der Waals surface area contributed by atoms with Crippen molar-refractivity contribution in [1.82, 2.24) is 9.62 Å². The molecule has 94 valence electrons. The minimum Gasteiger partial charge on any atom is -0.316 e. The highest BCUT2D eigenvalue weighted by atomic mass is 32.2. The van der Waals surface area contributed by atoms with E-state index in [4.69, 9.17) is 0 Å². The van der Waals surface area contributed by atoms with Gasteiger partial charge in [0.05, 0.1) is 0 Å². The quantitative estimate of drug-likeness (QED) is 0.873. The molecule has 3 heterocycles. The van der Waals surface area contributed by atoms with E-state index >= 15 is 0 Å².